The van der Waals surface area contributed by atoms with E-state index >= 15 is 0 Å². The van der Waals surface area contributed by atoms with E-state index in [0.29, 0.717) is 12.5 Å². The van der Waals surface area contributed by atoms with Crippen LogP contribution in [0.4, 0.5) is 5.69 Å². The Hall–Kier alpha value is -2.29. The molecule has 2 aliphatic rings. The van der Waals surface area contributed by atoms with Gasteiger partial charge in [-0.3, -0.25) is 4.79 Å². The van der Waals surface area contributed by atoms with Crippen LogP contribution >= 0.6 is 0 Å². The molecule has 3 heteroatoms. The van der Waals surface area contributed by atoms with Gasteiger partial charge in [0.25, 0.3) is 0 Å². The third kappa shape index (κ3) is 2.91. The number of fused-ring (bicyclic) bond motifs is 1. The Bertz CT molecular complexity index is 753. The van der Waals surface area contributed by atoms with Crippen LogP contribution < -0.4 is 9.64 Å². The van der Waals surface area contributed by atoms with Gasteiger partial charge in [-0.2, -0.15) is 0 Å². The number of anilines is 1. The number of carbonyl (C=O) groups excluding carboxylic acids is 1. The minimum atomic E-state index is -0.353. The monoisotopic (exact) mass is 321 g/mol. The number of benzene rings is 2. The lowest BCUT2D eigenvalue weighted by atomic mass is 10.0. The number of rotatable bonds is 3. The van der Waals surface area contributed by atoms with Crippen molar-refractivity contribution in [2.24, 2.45) is 11.8 Å². The highest BCUT2D eigenvalue weighted by Crippen LogP contribution is 2.45. The van der Waals surface area contributed by atoms with Gasteiger partial charge < -0.3 is 9.64 Å². The van der Waals surface area contributed by atoms with Crippen LogP contribution in [0.3, 0.4) is 0 Å². The van der Waals surface area contributed by atoms with Gasteiger partial charge in [0.2, 0.25) is 5.91 Å². The minimum absolute atomic E-state index is 0.146. The van der Waals surface area contributed by atoms with Crippen molar-refractivity contribution in [3.8, 4) is 5.75 Å². The third-order valence-corrected chi connectivity index (χ3v) is 4.93. The van der Waals surface area contributed by atoms with Crippen LogP contribution in [0.25, 0.3) is 0 Å². The Morgan fingerprint density at radius 1 is 1.12 bits per heavy atom. The number of hydrogen-bond acceptors (Lipinski definition) is 2. The second kappa shape index (κ2) is 5.66. The number of ether oxygens (including phenoxy) is 1. The first-order chi connectivity index (χ1) is 11.5. The molecule has 0 radical (unpaired) electrons. The lowest BCUT2D eigenvalue weighted by Gasteiger charge is -2.39. The topological polar surface area (TPSA) is 29.5 Å². The zero-order valence-electron chi connectivity index (χ0n) is 14.2. The molecule has 24 heavy (non-hydrogen) atoms. The zero-order valence-corrected chi connectivity index (χ0v) is 14.2. The Morgan fingerprint density at radius 3 is 2.62 bits per heavy atom. The predicted molar refractivity (Wildman–Crippen MR) is 95.2 cm³/mol. The molecule has 4 rings (SSSR count). The quantitative estimate of drug-likeness (QED) is 0.853. The first-order valence-electron chi connectivity index (χ1n) is 8.67. The number of nitrogens with zero attached hydrogens (tertiary/aromatic N) is 1. The molecule has 1 aliphatic heterocycles. The maximum absolute atomic E-state index is 13.1. The highest BCUT2D eigenvalue weighted by atomic mass is 16.5. The van der Waals surface area contributed by atoms with E-state index < -0.39 is 0 Å². The van der Waals surface area contributed by atoms with Gasteiger partial charge in [0, 0.05) is 5.92 Å². The average molecular weight is 321 g/mol. The van der Waals surface area contributed by atoms with Gasteiger partial charge in [0.1, 0.15) is 11.4 Å². The van der Waals surface area contributed by atoms with Crippen molar-refractivity contribution < 1.29 is 9.53 Å². The summed E-state index contributed by atoms with van der Waals surface area (Å²) in [5.41, 5.74) is 1.88. The van der Waals surface area contributed by atoms with E-state index in [2.05, 4.69) is 24.3 Å². The molecule has 1 heterocycles. The summed E-state index contributed by atoms with van der Waals surface area (Å²) in [4.78, 5) is 15.0. The highest BCUT2D eigenvalue weighted by molar-refractivity contribution is 5.98. The van der Waals surface area contributed by atoms with Crippen LogP contribution in [0.5, 0.6) is 5.75 Å². The van der Waals surface area contributed by atoms with Gasteiger partial charge in [-0.15, -0.1) is 0 Å². The van der Waals surface area contributed by atoms with E-state index in [1.165, 1.54) is 5.56 Å². The Morgan fingerprint density at radius 2 is 1.83 bits per heavy atom. The normalized spacial score (nSPS) is 24.0. The number of para-hydroxylation sites is 2. The fourth-order valence-corrected chi connectivity index (χ4v) is 3.65. The summed E-state index contributed by atoms with van der Waals surface area (Å²) < 4.78 is 6.03. The molecule has 1 saturated carbocycles. The number of hydrogen-bond donors (Lipinski definition) is 0. The van der Waals surface area contributed by atoms with Crippen molar-refractivity contribution in [3.05, 3.63) is 60.2 Å². The van der Waals surface area contributed by atoms with Crippen LogP contribution in [0.15, 0.2) is 54.6 Å². The van der Waals surface area contributed by atoms with Gasteiger partial charge in [0.15, 0.2) is 0 Å². The maximum Gasteiger partial charge on any atom is 0.230 e. The molecule has 0 spiro atoms. The molecule has 0 bridgehead atoms. The van der Waals surface area contributed by atoms with Crippen LogP contribution in [0, 0.1) is 11.8 Å². The second-order valence-electron chi connectivity index (χ2n) is 7.55. The van der Waals surface area contributed by atoms with E-state index in [-0.39, 0.29) is 17.4 Å². The van der Waals surface area contributed by atoms with Crippen molar-refractivity contribution in [1.29, 1.82) is 0 Å². The summed E-state index contributed by atoms with van der Waals surface area (Å²) in [6.07, 6.45) is 1.99. The third-order valence-electron chi connectivity index (χ3n) is 4.93. The summed E-state index contributed by atoms with van der Waals surface area (Å²) in [6, 6.07) is 18.3. The number of carbonyl (C=O) groups is 1. The maximum atomic E-state index is 13.1. The summed E-state index contributed by atoms with van der Waals surface area (Å²) >= 11 is 0. The fourth-order valence-electron chi connectivity index (χ4n) is 3.65. The summed E-state index contributed by atoms with van der Waals surface area (Å²) in [5, 5.41) is 0. The van der Waals surface area contributed by atoms with Crippen molar-refractivity contribution in [3.63, 3.8) is 0 Å². The summed E-state index contributed by atoms with van der Waals surface area (Å²) in [6.45, 7) is 4.69. The molecule has 2 unspecified atom stereocenters. The molecule has 2 aromatic rings. The molecule has 0 aromatic heterocycles. The van der Waals surface area contributed by atoms with Gasteiger partial charge >= 0.3 is 0 Å². The molecule has 3 nitrogen and oxygen atoms in total. The molecule has 2 aromatic carbocycles. The average Bonchev–Trinajstić information content (AvgIpc) is 3.32. The SMILES string of the molecule is CC1(C)CN(C(=O)C2CC2Cc2ccccc2)c2ccccc2O1. The lowest BCUT2D eigenvalue weighted by Crippen LogP contribution is -2.50. The lowest BCUT2D eigenvalue weighted by molar-refractivity contribution is -0.121. The van der Waals surface area contributed by atoms with E-state index in [1.807, 2.05) is 49.1 Å². The summed E-state index contributed by atoms with van der Waals surface area (Å²) in [5.74, 6) is 1.67. The largest absolute Gasteiger partial charge is 0.484 e. The van der Waals surface area contributed by atoms with E-state index in [9.17, 15) is 4.79 Å². The molecular weight excluding hydrogens is 298 g/mol. The van der Waals surface area contributed by atoms with Crippen LogP contribution in [0.1, 0.15) is 25.8 Å². The smallest absolute Gasteiger partial charge is 0.230 e. The fraction of sp³-hybridized carbons (Fsp3) is 0.381. The molecule has 1 amide bonds. The Kier molecular flexibility index (Phi) is 3.60. The van der Waals surface area contributed by atoms with Crippen LogP contribution in [-0.2, 0) is 11.2 Å². The number of amides is 1. The standard InChI is InChI=1S/C21H23NO2/c1-21(2)14-22(18-10-6-7-11-19(18)24-21)20(23)17-13-16(17)12-15-8-4-3-5-9-15/h3-11,16-17H,12-14H2,1-2H3. The van der Waals surface area contributed by atoms with Crippen molar-refractivity contribution in [2.75, 3.05) is 11.4 Å². The van der Waals surface area contributed by atoms with Crippen LogP contribution in [-0.4, -0.2) is 18.1 Å². The molecule has 124 valence electrons. The first-order valence-corrected chi connectivity index (χ1v) is 8.67. The molecular formula is C21H23NO2. The summed E-state index contributed by atoms with van der Waals surface area (Å²) in [7, 11) is 0. The molecule has 0 N–H and O–H groups in total. The van der Waals surface area contributed by atoms with Crippen LogP contribution in [0.2, 0.25) is 0 Å². The minimum Gasteiger partial charge on any atom is -0.484 e. The Labute approximate surface area is 143 Å². The second-order valence-corrected chi connectivity index (χ2v) is 7.55. The molecule has 0 saturated heterocycles. The zero-order chi connectivity index (χ0) is 16.7. The van der Waals surface area contributed by atoms with Crippen molar-refractivity contribution in [2.45, 2.75) is 32.3 Å². The first kappa shape index (κ1) is 15.3. The van der Waals surface area contributed by atoms with Gasteiger partial charge in [-0.05, 0) is 50.3 Å². The van der Waals surface area contributed by atoms with E-state index in [4.69, 9.17) is 4.74 Å². The molecule has 1 aliphatic carbocycles. The van der Waals surface area contributed by atoms with Gasteiger partial charge in [-0.1, -0.05) is 42.5 Å². The van der Waals surface area contributed by atoms with Crippen molar-refractivity contribution >= 4 is 11.6 Å². The molecule has 1 fully saturated rings. The highest BCUT2D eigenvalue weighted by Gasteiger charge is 2.47. The Balaban J connectivity index is 1.51. The van der Waals surface area contributed by atoms with E-state index in [1.54, 1.807) is 0 Å². The van der Waals surface area contributed by atoms with Crippen molar-refractivity contribution in [1.82, 2.24) is 0 Å². The molecule has 2 atom stereocenters. The van der Waals surface area contributed by atoms with Gasteiger partial charge in [0.05, 0.1) is 12.2 Å². The van der Waals surface area contributed by atoms with E-state index in [0.717, 1.165) is 24.3 Å². The predicted octanol–water partition coefficient (Wildman–Crippen LogP) is 4.07. The van der Waals surface area contributed by atoms with Gasteiger partial charge in [-0.25, -0.2) is 0 Å².